The first-order chi connectivity index (χ1) is 21.6. The molecule has 3 rings (SSSR count). The van der Waals surface area contributed by atoms with Crippen LogP contribution in [0, 0.1) is 18.8 Å². The van der Waals surface area contributed by atoms with Gasteiger partial charge in [-0.05, 0) is 55.7 Å². The quantitative estimate of drug-likeness (QED) is 0.172. The Morgan fingerprint density at radius 1 is 0.933 bits per heavy atom. The molecule has 0 aliphatic heterocycles. The molecule has 8 heteroatoms. The van der Waals surface area contributed by atoms with Gasteiger partial charge in [0, 0.05) is 13.0 Å². The van der Waals surface area contributed by atoms with Crippen LogP contribution in [0.25, 0.3) is 0 Å². The summed E-state index contributed by atoms with van der Waals surface area (Å²) in [5.41, 5.74) is 2.14. The van der Waals surface area contributed by atoms with E-state index in [1.165, 1.54) is 39.0 Å². The number of rotatable bonds is 18. The number of aliphatic hydroxyl groups is 1. The van der Waals surface area contributed by atoms with Crippen molar-refractivity contribution in [3.63, 3.8) is 0 Å². The Morgan fingerprint density at radius 2 is 1.62 bits per heavy atom. The lowest BCUT2D eigenvalue weighted by molar-refractivity contribution is -0.130. The molecule has 2 aromatic carbocycles. The minimum atomic E-state index is -0.898. The summed E-state index contributed by atoms with van der Waals surface area (Å²) in [4.78, 5) is 38.3. The Balaban J connectivity index is 1.68. The van der Waals surface area contributed by atoms with Gasteiger partial charge in [0.05, 0.1) is 25.2 Å². The zero-order valence-corrected chi connectivity index (χ0v) is 27.7. The van der Waals surface area contributed by atoms with Crippen LogP contribution in [-0.2, 0) is 20.8 Å². The zero-order valence-electron chi connectivity index (χ0n) is 27.7. The maximum Gasteiger partial charge on any atom is 0.243 e. The number of benzene rings is 2. The van der Waals surface area contributed by atoms with E-state index in [4.69, 9.17) is 4.74 Å². The van der Waals surface area contributed by atoms with E-state index in [0.717, 1.165) is 36.3 Å². The Labute approximate surface area is 270 Å². The summed E-state index contributed by atoms with van der Waals surface area (Å²) < 4.78 is 5.76. The fraction of sp³-hybridized carbons (Fsp3) is 0.595. The van der Waals surface area contributed by atoms with Crippen LogP contribution in [0.15, 0.2) is 54.6 Å². The maximum atomic E-state index is 13.4. The van der Waals surface area contributed by atoms with Gasteiger partial charge < -0.3 is 25.8 Å². The van der Waals surface area contributed by atoms with Crippen molar-refractivity contribution in [3.05, 3.63) is 65.7 Å². The highest BCUT2D eigenvalue weighted by Gasteiger charge is 2.29. The molecule has 1 saturated carbocycles. The second-order valence-electron chi connectivity index (χ2n) is 13.1. The Bertz CT molecular complexity index is 1160. The van der Waals surface area contributed by atoms with Crippen molar-refractivity contribution in [1.29, 1.82) is 0 Å². The summed E-state index contributed by atoms with van der Waals surface area (Å²) in [6.45, 7) is 7.45. The van der Waals surface area contributed by atoms with Crippen LogP contribution < -0.4 is 20.7 Å². The first-order valence-corrected chi connectivity index (χ1v) is 16.9. The van der Waals surface area contributed by atoms with Gasteiger partial charge in [0.25, 0.3) is 0 Å². The van der Waals surface area contributed by atoms with Gasteiger partial charge in [0.2, 0.25) is 17.7 Å². The first-order valence-electron chi connectivity index (χ1n) is 16.9. The van der Waals surface area contributed by atoms with E-state index in [2.05, 4.69) is 16.0 Å². The van der Waals surface area contributed by atoms with Crippen molar-refractivity contribution in [2.75, 3.05) is 6.61 Å². The molecule has 0 bridgehead atoms. The average Bonchev–Trinajstić information content (AvgIpc) is 3.01. The normalized spacial score (nSPS) is 16.3. The van der Waals surface area contributed by atoms with Crippen LogP contribution in [0.3, 0.4) is 0 Å². The first kappa shape index (κ1) is 36.1. The van der Waals surface area contributed by atoms with Gasteiger partial charge in [0.15, 0.2) is 0 Å². The molecule has 0 saturated heterocycles. The van der Waals surface area contributed by atoms with Crippen molar-refractivity contribution in [1.82, 2.24) is 16.0 Å². The summed E-state index contributed by atoms with van der Waals surface area (Å²) in [6.07, 6.45) is 9.18. The molecule has 0 heterocycles. The van der Waals surface area contributed by atoms with Gasteiger partial charge in [-0.15, -0.1) is 0 Å². The maximum absolute atomic E-state index is 13.4. The van der Waals surface area contributed by atoms with Crippen LogP contribution in [0.1, 0.15) is 96.1 Å². The Morgan fingerprint density at radius 3 is 2.27 bits per heavy atom. The molecule has 248 valence electrons. The minimum Gasteiger partial charge on any atom is -0.493 e. The van der Waals surface area contributed by atoms with Gasteiger partial charge in [0.1, 0.15) is 11.8 Å². The van der Waals surface area contributed by atoms with Gasteiger partial charge in [-0.1, -0.05) is 107 Å². The number of aliphatic hydroxyl groups excluding tert-OH is 1. The molecule has 2 unspecified atom stereocenters. The van der Waals surface area contributed by atoms with Gasteiger partial charge in [-0.2, -0.15) is 0 Å². The summed E-state index contributed by atoms with van der Waals surface area (Å²) in [6, 6.07) is 16.0. The molecule has 1 aliphatic rings. The fourth-order valence-corrected chi connectivity index (χ4v) is 6.20. The predicted octanol–water partition coefficient (Wildman–Crippen LogP) is 5.64. The van der Waals surface area contributed by atoms with E-state index in [-0.39, 0.29) is 42.7 Å². The van der Waals surface area contributed by atoms with Crippen molar-refractivity contribution in [2.24, 2.45) is 11.8 Å². The number of hydrogen-bond acceptors (Lipinski definition) is 5. The summed E-state index contributed by atoms with van der Waals surface area (Å²) in [5, 5.41) is 20.6. The number of carbonyl (C=O) groups is 3. The Kier molecular flexibility index (Phi) is 15.4. The number of carbonyl (C=O) groups excluding carboxylic acids is 3. The standard InChI is InChI=1S/C37H55N3O5/c1-26(2)36(38-28(4)41)37(44)39-31(17-11-16-29-12-7-5-8-13-29)25-34(42)33(24-30-14-9-6-10-15-30)40-35(43)22-23-45-32-20-18-27(3)19-21-32/h6,9-10,14-15,18-21,26,29,31,33-34,36,42H,5,7-8,11-13,16-17,22-25H2,1-4H3,(H,38,41)(H,39,44)(H,40,43)/t31?,33?,34-,36-/m0/s1. The van der Waals surface area contributed by atoms with Crippen LogP contribution in [0.4, 0.5) is 0 Å². The van der Waals surface area contributed by atoms with E-state index >= 15 is 0 Å². The fourth-order valence-electron chi connectivity index (χ4n) is 6.20. The highest BCUT2D eigenvalue weighted by molar-refractivity contribution is 5.87. The lowest BCUT2D eigenvalue weighted by atomic mass is 9.85. The average molecular weight is 622 g/mol. The summed E-state index contributed by atoms with van der Waals surface area (Å²) >= 11 is 0. The lowest BCUT2D eigenvalue weighted by Gasteiger charge is -2.30. The van der Waals surface area contributed by atoms with E-state index < -0.39 is 18.2 Å². The third-order valence-electron chi connectivity index (χ3n) is 8.80. The highest BCUT2D eigenvalue weighted by Crippen LogP contribution is 2.28. The Hall–Kier alpha value is -3.39. The van der Waals surface area contributed by atoms with E-state index in [1.807, 2.05) is 75.4 Å². The molecule has 3 amide bonds. The van der Waals surface area contributed by atoms with E-state index in [9.17, 15) is 19.5 Å². The molecule has 1 aliphatic carbocycles. The highest BCUT2D eigenvalue weighted by atomic mass is 16.5. The van der Waals surface area contributed by atoms with Gasteiger partial charge in [-0.25, -0.2) is 0 Å². The predicted molar refractivity (Wildman–Crippen MR) is 179 cm³/mol. The second kappa shape index (κ2) is 19.2. The molecule has 2 aromatic rings. The van der Waals surface area contributed by atoms with Gasteiger partial charge >= 0.3 is 0 Å². The molecule has 0 radical (unpaired) electrons. The molecule has 4 atom stereocenters. The second-order valence-corrected chi connectivity index (χ2v) is 13.1. The van der Waals surface area contributed by atoms with Crippen molar-refractivity contribution >= 4 is 17.7 Å². The SMILES string of the molecule is CC(=O)N[C@H](C(=O)NC(CCCC1CCCCC1)C[C@H](O)C(Cc1ccccc1)NC(=O)CCOc1ccc(C)cc1)C(C)C. The number of hydrogen-bond donors (Lipinski definition) is 4. The molecule has 1 fully saturated rings. The topological polar surface area (TPSA) is 117 Å². The summed E-state index contributed by atoms with van der Waals surface area (Å²) in [5.74, 6) is 0.635. The zero-order chi connectivity index (χ0) is 32.6. The number of aryl methyl sites for hydroxylation is 1. The number of ether oxygens (including phenoxy) is 1. The minimum absolute atomic E-state index is 0.0889. The molecular weight excluding hydrogens is 566 g/mol. The van der Waals surface area contributed by atoms with E-state index in [1.54, 1.807) is 0 Å². The molecule has 0 aromatic heterocycles. The van der Waals surface area contributed by atoms with E-state index in [0.29, 0.717) is 18.6 Å². The lowest BCUT2D eigenvalue weighted by Crippen LogP contribution is -2.53. The van der Waals surface area contributed by atoms with Gasteiger partial charge in [-0.3, -0.25) is 14.4 Å². The van der Waals surface area contributed by atoms with Crippen molar-refractivity contribution in [2.45, 2.75) is 123 Å². The third kappa shape index (κ3) is 13.6. The van der Waals surface area contributed by atoms with Crippen LogP contribution in [0.2, 0.25) is 0 Å². The number of amides is 3. The molecular formula is C37H55N3O5. The summed E-state index contributed by atoms with van der Waals surface area (Å²) in [7, 11) is 0. The van der Waals surface area contributed by atoms with Crippen LogP contribution in [-0.4, -0.2) is 53.7 Å². The monoisotopic (exact) mass is 621 g/mol. The van der Waals surface area contributed by atoms with Crippen LogP contribution >= 0.6 is 0 Å². The largest absolute Gasteiger partial charge is 0.493 e. The van der Waals surface area contributed by atoms with Crippen molar-refractivity contribution in [3.8, 4) is 5.75 Å². The third-order valence-corrected chi connectivity index (χ3v) is 8.80. The molecule has 0 spiro atoms. The van der Waals surface area contributed by atoms with Crippen molar-refractivity contribution < 1.29 is 24.2 Å². The molecule has 45 heavy (non-hydrogen) atoms. The number of nitrogens with one attached hydrogen (secondary N) is 3. The smallest absolute Gasteiger partial charge is 0.243 e. The van der Waals surface area contributed by atoms with Crippen LogP contribution in [0.5, 0.6) is 5.75 Å². The molecule has 4 N–H and O–H groups in total. The molecule has 8 nitrogen and oxygen atoms in total.